The van der Waals surface area contributed by atoms with Crippen LogP contribution in [0.4, 0.5) is 10.5 Å². The van der Waals surface area contributed by atoms with Crippen molar-refractivity contribution in [3.8, 4) is 11.8 Å². The Morgan fingerprint density at radius 3 is 2.63 bits per heavy atom. The van der Waals surface area contributed by atoms with Crippen molar-refractivity contribution in [3.05, 3.63) is 23.8 Å². The lowest BCUT2D eigenvalue weighted by Crippen LogP contribution is -2.58. The van der Waals surface area contributed by atoms with Crippen molar-refractivity contribution in [1.29, 1.82) is 5.26 Å². The predicted octanol–water partition coefficient (Wildman–Crippen LogP) is 2.20. The zero-order valence-electron chi connectivity index (χ0n) is 16.4. The summed E-state index contributed by atoms with van der Waals surface area (Å²) in [5, 5.41) is 12.0. The number of nitrogens with one attached hydrogen (secondary N) is 1. The third-order valence-electron chi connectivity index (χ3n) is 5.69. The molecule has 0 bridgehead atoms. The molecule has 7 heteroatoms. The molecule has 2 aliphatic rings. The third kappa shape index (κ3) is 4.52. The number of rotatable bonds is 3. The first-order valence-electron chi connectivity index (χ1n) is 9.60. The molecule has 2 fully saturated rings. The summed E-state index contributed by atoms with van der Waals surface area (Å²) < 4.78 is 5.30. The lowest BCUT2D eigenvalue weighted by Gasteiger charge is -2.46. The smallest absolute Gasteiger partial charge is 0.322 e. The van der Waals surface area contributed by atoms with Gasteiger partial charge in [-0.3, -0.25) is 4.90 Å². The molecular weight excluding hydrogens is 342 g/mol. The van der Waals surface area contributed by atoms with Gasteiger partial charge in [0.2, 0.25) is 0 Å². The Morgan fingerprint density at radius 2 is 2.00 bits per heavy atom. The number of nitrogens with zero attached hydrogens (tertiary/aromatic N) is 4. The predicted molar refractivity (Wildman–Crippen MR) is 105 cm³/mol. The summed E-state index contributed by atoms with van der Waals surface area (Å²) in [6, 6.07) is 7.94. The lowest BCUT2D eigenvalue weighted by molar-refractivity contribution is 0.0393. The number of nitriles is 1. The molecule has 2 heterocycles. The Labute approximate surface area is 161 Å². The largest absolute Gasteiger partial charge is 0.495 e. The Bertz CT molecular complexity index is 709. The minimum absolute atomic E-state index is 0.140. The van der Waals surface area contributed by atoms with Crippen LogP contribution in [0.25, 0.3) is 0 Å². The average Bonchev–Trinajstić information content (AvgIpc) is 2.68. The maximum atomic E-state index is 12.8. The molecule has 0 spiro atoms. The Hall–Kier alpha value is -2.30. The van der Waals surface area contributed by atoms with Gasteiger partial charge >= 0.3 is 6.03 Å². The second-order valence-corrected chi connectivity index (χ2v) is 7.52. The Morgan fingerprint density at radius 1 is 1.26 bits per heavy atom. The maximum Gasteiger partial charge on any atom is 0.322 e. The number of ether oxygens (including phenoxy) is 1. The van der Waals surface area contributed by atoms with Gasteiger partial charge in [0, 0.05) is 31.7 Å². The normalized spacial score (nSPS) is 22.3. The first kappa shape index (κ1) is 19.5. The molecule has 1 aromatic rings. The molecule has 2 aliphatic heterocycles. The monoisotopic (exact) mass is 371 g/mol. The minimum atomic E-state index is -0.140. The maximum absolute atomic E-state index is 12.8. The number of hydrogen-bond acceptors (Lipinski definition) is 5. The topological polar surface area (TPSA) is 71.8 Å². The van der Waals surface area contributed by atoms with Crippen LogP contribution in [0, 0.1) is 11.3 Å². The van der Waals surface area contributed by atoms with E-state index >= 15 is 0 Å². The van der Waals surface area contributed by atoms with Gasteiger partial charge in [0.25, 0.3) is 0 Å². The zero-order valence-corrected chi connectivity index (χ0v) is 16.4. The van der Waals surface area contributed by atoms with Gasteiger partial charge < -0.3 is 19.9 Å². The van der Waals surface area contributed by atoms with E-state index < -0.39 is 0 Å². The SMILES string of the molecule is COc1ccc(C#N)cc1NC(=O)N1CCN(C2CCN(C)CC2)C(C)C1. The van der Waals surface area contributed by atoms with E-state index in [1.807, 2.05) is 4.90 Å². The van der Waals surface area contributed by atoms with Crippen molar-refractivity contribution in [1.82, 2.24) is 14.7 Å². The summed E-state index contributed by atoms with van der Waals surface area (Å²) in [5.74, 6) is 0.556. The summed E-state index contributed by atoms with van der Waals surface area (Å²) in [4.78, 5) is 19.6. The van der Waals surface area contributed by atoms with Crippen LogP contribution in [0.1, 0.15) is 25.3 Å². The molecule has 2 saturated heterocycles. The van der Waals surface area contributed by atoms with Crippen LogP contribution in [0.15, 0.2) is 18.2 Å². The van der Waals surface area contributed by atoms with Crippen LogP contribution < -0.4 is 10.1 Å². The summed E-state index contributed by atoms with van der Waals surface area (Å²) in [7, 11) is 3.73. The summed E-state index contributed by atoms with van der Waals surface area (Å²) in [5.41, 5.74) is 1.03. The first-order chi connectivity index (χ1) is 13.0. The molecule has 0 radical (unpaired) electrons. The van der Waals surface area contributed by atoms with Crippen molar-refractivity contribution in [2.45, 2.75) is 31.8 Å². The number of carbonyl (C=O) groups excluding carboxylic acids is 1. The van der Waals surface area contributed by atoms with Gasteiger partial charge in [0.15, 0.2) is 0 Å². The lowest BCUT2D eigenvalue weighted by atomic mass is 10.0. The average molecular weight is 371 g/mol. The van der Waals surface area contributed by atoms with E-state index in [0.717, 1.165) is 19.6 Å². The standard InChI is InChI=1S/C20H29N5O2/c1-15-14-24(10-11-25(15)17-6-8-23(2)9-7-17)20(26)22-18-12-16(13-21)4-5-19(18)27-3/h4-5,12,15,17H,6-11,14H2,1-3H3,(H,22,26). The second-order valence-electron chi connectivity index (χ2n) is 7.52. The fourth-order valence-corrected chi connectivity index (χ4v) is 4.09. The Kier molecular flexibility index (Phi) is 6.19. The highest BCUT2D eigenvalue weighted by molar-refractivity contribution is 5.91. The molecule has 1 atom stereocenters. The fourth-order valence-electron chi connectivity index (χ4n) is 4.09. The van der Waals surface area contributed by atoms with Crippen LogP contribution in [0.5, 0.6) is 5.75 Å². The number of amides is 2. The van der Waals surface area contributed by atoms with E-state index in [2.05, 4.69) is 35.2 Å². The van der Waals surface area contributed by atoms with Crippen LogP contribution in [0.2, 0.25) is 0 Å². The number of likely N-dealkylation sites (tertiary alicyclic amines) is 1. The van der Waals surface area contributed by atoms with Crippen LogP contribution in [-0.4, -0.2) is 79.7 Å². The fraction of sp³-hybridized carbons (Fsp3) is 0.600. The molecule has 7 nitrogen and oxygen atoms in total. The molecule has 0 aromatic heterocycles. The molecule has 27 heavy (non-hydrogen) atoms. The molecule has 0 saturated carbocycles. The van der Waals surface area contributed by atoms with Gasteiger partial charge in [-0.15, -0.1) is 0 Å². The Balaban J connectivity index is 1.60. The zero-order chi connectivity index (χ0) is 19.4. The van der Waals surface area contributed by atoms with E-state index in [0.29, 0.717) is 42.2 Å². The number of benzene rings is 1. The van der Waals surface area contributed by atoms with E-state index in [-0.39, 0.29) is 6.03 Å². The number of piperidine rings is 1. The number of carbonyl (C=O) groups is 1. The van der Waals surface area contributed by atoms with E-state index in [1.165, 1.54) is 12.8 Å². The molecule has 146 valence electrons. The summed E-state index contributed by atoms with van der Waals surface area (Å²) in [6.45, 7) is 6.81. The van der Waals surface area contributed by atoms with Crippen molar-refractivity contribution < 1.29 is 9.53 Å². The van der Waals surface area contributed by atoms with Crippen molar-refractivity contribution in [2.75, 3.05) is 52.2 Å². The first-order valence-corrected chi connectivity index (χ1v) is 9.60. The highest BCUT2D eigenvalue weighted by Gasteiger charge is 2.32. The summed E-state index contributed by atoms with van der Waals surface area (Å²) >= 11 is 0. The molecule has 0 aliphatic carbocycles. The highest BCUT2D eigenvalue weighted by atomic mass is 16.5. The highest BCUT2D eigenvalue weighted by Crippen LogP contribution is 2.26. The minimum Gasteiger partial charge on any atom is -0.495 e. The number of hydrogen-bond donors (Lipinski definition) is 1. The van der Waals surface area contributed by atoms with Crippen molar-refractivity contribution >= 4 is 11.7 Å². The number of piperazine rings is 1. The molecule has 1 N–H and O–H groups in total. The van der Waals surface area contributed by atoms with Gasteiger partial charge in [0.05, 0.1) is 24.4 Å². The van der Waals surface area contributed by atoms with Crippen LogP contribution >= 0.6 is 0 Å². The van der Waals surface area contributed by atoms with Crippen LogP contribution in [-0.2, 0) is 0 Å². The van der Waals surface area contributed by atoms with E-state index in [4.69, 9.17) is 10.00 Å². The molecule has 1 unspecified atom stereocenters. The van der Waals surface area contributed by atoms with Gasteiger partial charge in [-0.25, -0.2) is 4.79 Å². The molecule has 2 amide bonds. The van der Waals surface area contributed by atoms with Gasteiger partial charge in [0.1, 0.15) is 5.75 Å². The van der Waals surface area contributed by atoms with Gasteiger partial charge in [-0.1, -0.05) is 0 Å². The van der Waals surface area contributed by atoms with E-state index in [9.17, 15) is 4.79 Å². The molecule has 1 aromatic carbocycles. The second kappa shape index (κ2) is 8.59. The van der Waals surface area contributed by atoms with Gasteiger partial charge in [-0.2, -0.15) is 5.26 Å². The number of urea groups is 1. The number of anilines is 1. The third-order valence-corrected chi connectivity index (χ3v) is 5.69. The van der Waals surface area contributed by atoms with Crippen molar-refractivity contribution in [3.63, 3.8) is 0 Å². The number of methoxy groups -OCH3 is 1. The van der Waals surface area contributed by atoms with Crippen molar-refractivity contribution in [2.24, 2.45) is 0 Å². The van der Waals surface area contributed by atoms with E-state index in [1.54, 1.807) is 25.3 Å². The van der Waals surface area contributed by atoms with Gasteiger partial charge in [-0.05, 0) is 58.1 Å². The summed E-state index contributed by atoms with van der Waals surface area (Å²) in [6.07, 6.45) is 2.40. The quantitative estimate of drug-likeness (QED) is 0.882. The molecular formula is C20H29N5O2. The van der Waals surface area contributed by atoms with Crippen LogP contribution in [0.3, 0.4) is 0 Å². The molecule has 3 rings (SSSR count).